The molecule has 5 rings (SSSR count). The normalized spacial score (nSPS) is 19.9. The van der Waals surface area contributed by atoms with Crippen LogP contribution in [-0.4, -0.2) is 36.3 Å². The smallest absolute Gasteiger partial charge is 0.167 e. The third-order valence-corrected chi connectivity index (χ3v) is 6.49. The summed E-state index contributed by atoms with van der Waals surface area (Å²) in [6, 6.07) is 20.7. The average molecular weight is 393 g/mol. The Balaban J connectivity index is 1.16. The van der Waals surface area contributed by atoms with E-state index in [4.69, 9.17) is 9.51 Å². The molecular formula is C22H24N4OS+2. The second-order valence-corrected chi connectivity index (χ2v) is 8.59. The van der Waals surface area contributed by atoms with Crippen LogP contribution in [-0.2, 0) is 13.1 Å². The van der Waals surface area contributed by atoms with Crippen LogP contribution in [0.5, 0.6) is 0 Å². The van der Waals surface area contributed by atoms with Crippen LogP contribution < -0.4 is 9.80 Å². The quantitative estimate of drug-likeness (QED) is 0.540. The predicted molar refractivity (Wildman–Crippen MR) is 110 cm³/mol. The van der Waals surface area contributed by atoms with E-state index in [1.807, 2.05) is 29.5 Å². The van der Waals surface area contributed by atoms with Gasteiger partial charge in [-0.3, -0.25) is 0 Å². The Bertz CT molecular complexity index is 1020. The summed E-state index contributed by atoms with van der Waals surface area (Å²) in [5, 5.41) is 5.54. The molecule has 1 aliphatic rings. The summed E-state index contributed by atoms with van der Waals surface area (Å²) in [5.41, 5.74) is 3.26. The second kappa shape index (κ2) is 7.83. The molecule has 0 amide bonds. The van der Waals surface area contributed by atoms with Crippen LogP contribution >= 0.6 is 11.3 Å². The summed E-state index contributed by atoms with van der Waals surface area (Å²) < 4.78 is 6.84. The SMILES string of the molecule is c1ccc(-c2cc(C[NH+]3CC[NH+](Cc4nc5ccccc5s4)CC3)no2)cc1. The van der Waals surface area contributed by atoms with Crippen molar-refractivity contribution >= 4 is 21.6 Å². The highest BCUT2D eigenvalue weighted by Gasteiger charge is 2.25. The van der Waals surface area contributed by atoms with Crippen LogP contribution in [0.15, 0.2) is 65.2 Å². The Morgan fingerprint density at radius 3 is 2.36 bits per heavy atom. The van der Waals surface area contributed by atoms with Gasteiger partial charge in [0, 0.05) is 11.6 Å². The summed E-state index contributed by atoms with van der Waals surface area (Å²) in [4.78, 5) is 8.01. The highest BCUT2D eigenvalue weighted by molar-refractivity contribution is 7.18. The zero-order valence-electron chi connectivity index (χ0n) is 15.7. The maximum Gasteiger partial charge on any atom is 0.167 e. The Hall–Kier alpha value is -2.54. The van der Waals surface area contributed by atoms with E-state index in [1.165, 1.54) is 22.8 Å². The number of nitrogens with zero attached hydrogens (tertiary/aromatic N) is 2. The number of quaternary nitrogens is 2. The molecule has 0 bridgehead atoms. The zero-order chi connectivity index (χ0) is 18.8. The van der Waals surface area contributed by atoms with E-state index in [0.717, 1.165) is 48.7 Å². The summed E-state index contributed by atoms with van der Waals surface area (Å²) in [7, 11) is 0. The third-order valence-electron chi connectivity index (χ3n) is 5.45. The van der Waals surface area contributed by atoms with Gasteiger partial charge < -0.3 is 14.3 Å². The van der Waals surface area contributed by atoms with Crippen molar-refractivity contribution in [2.24, 2.45) is 0 Å². The molecule has 0 atom stereocenters. The number of hydrogen-bond donors (Lipinski definition) is 2. The highest BCUT2D eigenvalue weighted by atomic mass is 32.1. The van der Waals surface area contributed by atoms with Gasteiger partial charge in [-0.05, 0) is 12.1 Å². The minimum Gasteiger partial charge on any atom is -0.356 e. The molecule has 0 unspecified atom stereocenters. The van der Waals surface area contributed by atoms with Crippen molar-refractivity contribution in [1.82, 2.24) is 10.1 Å². The molecule has 0 spiro atoms. The van der Waals surface area contributed by atoms with Crippen LogP contribution in [0.2, 0.25) is 0 Å². The fourth-order valence-corrected chi connectivity index (χ4v) is 4.95. The fourth-order valence-electron chi connectivity index (χ4n) is 3.91. The van der Waals surface area contributed by atoms with Crippen molar-refractivity contribution in [3.05, 3.63) is 71.4 Å². The van der Waals surface area contributed by atoms with Crippen LogP contribution in [0.4, 0.5) is 0 Å². The van der Waals surface area contributed by atoms with Crippen LogP contribution in [0.1, 0.15) is 10.7 Å². The summed E-state index contributed by atoms with van der Waals surface area (Å²) in [6.07, 6.45) is 0. The lowest BCUT2D eigenvalue weighted by Crippen LogP contribution is -3.27. The molecule has 2 N–H and O–H groups in total. The Kier molecular flexibility index (Phi) is 4.91. The summed E-state index contributed by atoms with van der Waals surface area (Å²) in [5.74, 6) is 0.857. The number of nitrogens with one attached hydrogen (secondary N) is 2. The van der Waals surface area contributed by atoms with Crippen LogP contribution in [0.25, 0.3) is 21.5 Å². The first kappa shape index (κ1) is 17.6. The van der Waals surface area contributed by atoms with Gasteiger partial charge in [0.1, 0.15) is 50.0 Å². The topological polar surface area (TPSA) is 47.8 Å². The molecule has 2 aromatic heterocycles. The largest absolute Gasteiger partial charge is 0.356 e. The van der Waals surface area contributed by atoms with Crippen molar-refractivity contribution in [3.63, 3.8) is 0 Å². The van der Waals surface area contributed by atoms with Crippen molar-refractivity contribution in [2.45, 2.75) is 13.1 Å². The average Bonchev–Trinajstić information content (AvgIpc) is 3.36. The molecule has 5 nitrogen and oxygen atoms in total. The molecule has 4 aromatic rings. The molecule has 6 heteroatoms. The highest BCUT2D eigenvalue weighted by Crippen LogP contribution is 2.21. The Morgan fingerprint density at radius 1 is 0.857 bits per heavy atom. The first-order valence-electron chi connectivity index (χ1n) is 9.86. The lowest BCUT2D eigenvalue weighted by Gasteiger charge is -2.28. The van der Waals surface area contributed by atoms with Gasteiger partial charge in [-0.25, -0.2) is 4.98 Å². The number of rotatable bonds is 5. The summed E-state index contributed by atoms with van der Waals surface area (Å²) >= 11 is 1.83. The van der Waals surface area contributed by atoms with E-state index in [-0.39, 0.29) is 0 Å². The molecule has 1 fully saturated rings. The maximum absolute atomic E-state index is 5.55. The Labute approximate surface area is 168 Å². The van der Waals surface area contributed by atoms with Gasteiger partial charge >= 0.3 is 0 Å². The number of para-hydroxylation sites is 1. The fraction of sp³-hybridized carbons (Fsp3) is 0.273. The van der Waals surface area contributed by atoms with Gasteiger partial charge in [0.25, 0.3) is 0 Å². The van der Waals surface area contributed by atoms with Crippen molar-refractivity contribution in [3.8, 4) is 11.3 Å². The maximum atomic E-state index is 5.55. The zero-order valence-corrected chi connectivity index (χ0v) is 16.5. The number of aromatic nitrogens is 2. The number of hydrogen-bond acceptors (Lipinski definition) is 4. The molecule has 1 saturated heterocycles. The second-order valence-electron chi connectivity index (χ2n) is 7.48. The third kappa shape index (κ3) is 3.85. The molecule has 0 saturated carbocycles. The van der Waals surface area contributed by atoms with Gasteiger partial charge in [0.15, 0.2) is 5.76 Å². The van der Waals surface area contributed by atoms with E-state index in [2.05, 4.69) is 47.6 Å². The van der Waals surface area contributed by atoms with Crippen molar-refractivity contribution in [2.75, 3.05) is 26.2 Å². The molecule has 0 radical (unpaired) electrons. The Morgan fingerprint density at radius 2 is 1.57 bits per heavy atom. The minimum atomic E-state index is 0.857. The first-order chi connectivity index (χ1) is 13.8. The van der Waals surface area contributed by atoms with E-state index >= 15 is 0 Å². The van der Waals surface area contributed by atoms with E-state index in [0.29, 0.717) is 0 Å². The molecule has 3 heterocycles. The molecule has 1 aliphatic heterocycles. The van der Waals surface area contributed by atoms with Crippen LogP contribution in [0.3, 0.4) is 0 Å². The lowest BCUT2D eigenvalue weighted by atomic mass is 10.1. The van der Waals surface area contributed by atoms with Crippen LogP contribution in [0, 0.1) is 0 Å². The van der Waals surface area contributed by atoms with E-state index < -0.39 is 0 Å². The van der Waals surface area contributed by atoms with Gasteiger partial charge in [0.2, 0.25) is 0 Å². The molecule has 2 aromatic carbocycles. The number of benzene rings is 2. The standard InChI is InChI=1S/C22H22N4OS/c1-2-6-17(7-3-1)20-14-18(24-27-20)15-25-10-12-26(13-11-25)16-22-23-19-8-4-5-9-21(19)28-22/h1-9,14H,10-13,15-16H2/p+2. The number of thiazole rings is 1. The molecular weight excluding hydrogens is 368 g/mol. The predicted octanol–water partition coefficient (Wildman–Crippen LogP) is 1.43. The molecule has 28 heavy (non-hydrogen) atoms. The van der Waals surface area contributed by atoms with E-state index in [9.17, 15) is 0 Å². The first-order valence-corrected chi connectivity index (χ1v) is 10.7. The van der Waals surface area contributed by atoms with Crippen molar-refractivity contribution in [1.29, 1.82) is 0 Å². The minimum absolute atomic E-state index is 0.857. The lowest BCUT2D eigenvalue weighted by molar-refractivity contribution is -1.02. The van der Waals surface area contributed by atoms with Crippen molar-refractivity contribution < 1.29 is 14.3 Å². The van der Waals surface area contributed by atoms with Gasteiger partial charge in [0.05, 0.1) is 10.2 Å². The summed E-state index contributed by atoms with van der Waals surface area (Å²) in [6.45, 7) is 6.64. The van der Waals surface area contributed by atoms with E-state index in [1.54, 1.807) is 9.80 Å². The van der Waals surface area contributed by atoms with Gasteiger partial charge in [-0.15, -0.1) is 11.3 Å². The monoisotopic (exact) mass is 392 g/mol. The van der Waals surface area contributed by atoms with Gasteiger partial charge in [-0.2, -0.15) is 0 Å². The number of piperazine rings is 1. The van der Waals surface area contributed by atoms with Gasteiger partial charge in [-0.1, -0.05) is 47.6 Å². The number of fused-ring (bicyclic) bond motifs is 1. The molecule has 142 valence electrons. The molecule has 0 aliphatic carbocycles.